The summed E-state index contributed by atoms with van der Waals surface area (Å²) >= 11 is 0. The van der Waals surface area contributed by atoms with Crippen molar-refractivity contribution in [2.75, 3.05) is 0 Å². The summed E-state index contributed by atoms with van der Waals surface area (Å²) in [6.07, 6.45) is 23.7. The third-order valence-corrected chi connectivity index (χ3v) is 7.89. The Bertz CT molecular complexity index is 2450. The van der Waals surface area contributed by atoms with Crippen molar-refractivity contribution in [3.63, 3.8) is 0 Å². The minimum atomic E-state index is 0. The van der Waals surface area contributed by atoms with E-state index in [2.05, 4.69) is 32.6 Å². The van der Waals surface area contributed by atoms with Gasteiger partial charge in [0.2, 0.25) is 0 Å². The van der Waals surface area contributed by atoms with E-state index in [4.69, 9.17) is 18.8 Å². The van der Waals surface area contributed by atoms with Crippen molar-refractivity contribution in [1.29, 1.82) is 0 Å². The molecule has 8 heterocycles. The van der Waals surface area contributed by atoms with Gasteiger partial charge in [0.1, 0.15) is 11.2 Å². The number of furan rings is 2. The SMILES string of the molecule is Cn1cnc(-c2cccc3c2[n-]c2c(-n4[c-]ncc4)coc23)c1.Cn1cnc(-c2cccc3c2[n-]c2c(-n4[c-]ncc4)coc23)c1.[Pt+2].[Pt+2]. The first-order valence-electron chi connectivity index (χ1n) is 14.3. The van der Waals surface area contributed by atoms with Gasteiger partial charge < -0.3 is 47.0 Å². The normalized spacial score (nSPS) is 11.2. The van der Waals surface area contributed by atoms with Crippen LogP contribution in [0.2, 0.25) is 0 Å². The summed E-state index contributed by atoms with van der Waals surface area (Å²) in [5.74, 6) is 0. The molecule has 2 aromatic carbocycles. The second-order valence-corrected chi connectivity index (χ2v) is 10.9. The Morgan fingerprint density at radius 3 is 1.46 bits per heavy atom. The van der Waals surface area contributed by atoms with E-state index in [-0.39, 0.29) is 42.1 Å². The Hall–Kier alpha value is -5.18. The first kappa shape index (κ1) is 31.4. The number of rotatable bonds is 4. The summed E-state index contributed by atoms with van der Waals surface area (Å²) in [4.78, 5) is 26.4. The molecule has 0 atom stereocenters. The molecule has 0 aliphatic carbocycles. The number of nitrogens with zero attached hydrogens (tertiary/aromatic N) is 10. The summed E-state index contributed by atoms with van der Waals surface area (Å²) < 4.78 is 18.9. The van der Waals surface area contributed by atoms with Crippen molar-refractivity contribution in [3.05, 3.63) is 111 Å². The topological polar surface area (TPSA) is 126 Å². The number of aryl methyl sites for hydroxylation is 2. The maximum absolute atomic E-state index is 5.77. The molecule has 0 aliphatic rings. The number of hydrogen-bond acceptors (Lipinski definition) is 6. The maximum atomic E-state index is 5.77. The number of para-hydroxylation sites is 2. The molecular formula is C34H22N10O2Pt2. The van der Waals surface area contributed by atoms with Crippen LogP contribution >= 0.6 is 0 Å². The van der Waals surface area contributed by atoms with Crippen LogP contribution in [0.3, 0.4) is 0 Å². The number of fused-ring (bicyclic) bond motifs is 6. The van der Waals surface area contributed by atoms with E-state index >= 15 is 0 Å². The fourth-order valence-corrected chi connectivity index (χ4v) is 5.79. The van der Waals surface area contributed by atoms with E-state index in [9.17, 15) is 0 Å². The number of aromatic nitrogens is 10. The molecule has 0 amide bonds. The van der Waals surface area contributed by atoms with Crippen LogP contribution in [-0.4, -0.2) is 38.2 Å². The van der Waals surface area contributed by atoms with Gasteiger partial charge in [-0.15, -0.1) is 22.1 Å². The van der Waals surface area contributed by atoms with Gasteiger partial charge in [-0.2, -0.15) is 0 Å². The van der Waals surface area contributed by atoms with Crippen molar-refractivity contribution >= 4 is 44.0 Å². The average Bonchev–Trinajstić information content (AvgIpc) is 3.88. The first-order chi connectivity index (χ1) is 22.6. The van der Waals surface area contributed by atoms with E-state index in [1.165, 1.54) is 0 Å². The van der Waals surface area contributed by atoms with Crippen LogP contribution in [0.5, 0.6) is 0 Å². The standard InChI is InChI=1S/2C17H11N5O.2Pt/c2*1-21-7-13(19-10-21)11-3-2-4-12-15(11)20-16-14(8-23-17(12)16)22-6-5-18-9-22;;/h2*2-8,10H,1H3;;/q2*-2;2*+2. The predicted molar refractivity (Wildman–Crippen MR) is 170 cm³/mol. The van der Waals surface area contributed by atoms with Crippen LogP contribution in [0, 0.1) is 12.7 Å². The molecule has 0 saturated heterocycles. The van der Waals surface area contributed by atoms with Crippen molar-refractivity contribution < 1.29 is 51.0 Å². The molecule has 0 aliphatic heterocycles. The fraction of sp³-hybridized carbons (Fsp3) is 0.0588. The van der Waals surface area contributed by atoms with Gasteiger partial charge in [-0.05, 0) is 22.5 Å². The van der Waals surface area contributed by atoms with E-state index in [1.54, 1.807) is 46.7 Å². The van der Waals surface area contributed by atoms with Crippen molar-refractivity contribution in [2.24, 2.45) is 14.1 Å². The van der Waals surface area contributed by atoms with Crippen LogP contribution in [-0.2, 0) is 56.2 Å². The zero-order valence-corrected chi connectivity index (χ0v) is 29.7. The zero-order valence-electron chi connectivity index (χ0n) is 25.2. The van der Waals surface area contributed by atoms with E-state index in [0.717, 1.165) is 77.9 Å². The Balaban J connectivity index is 0.000000146. The molecule has 8 aromatic heterocycles. The van der Waals surface area contributed by atoms with Crippen molar-refractivity contribution in [3.8, 4) is 33.9 Å². The van der Waals surface area contributed by atoms with Crippen molar-refractivity contribution in [2.45, 2.75) is 0 Å². The monoisotopic (exact) mass is 992 g/mol. The molecule has 10 aromatic rings. The van der Waals surface area contributed by atoms with Gasteiger partial charge in [-0.3, -0.25) is 0 Å². The molecule has 240 valence electrons. The molecule has 0 radical (unpaired) electrons. The minimum absolute atomic E-state index is 0. The maximum Gasteiger partial charge on any atom is 2.00 e. The van der Waals surface area contributed by atoms with Crippen LogP contribution in [0.4, 0.5) is 0 Å². The molecule has 48 heavy (non-hydrogen) atoms. The smallest absolute Gasteiger partial charge is 0.660 e. The third-order valence-electron chi connectivity index (χ3n) is 7.89. The van der Waals surface area contributed by atoms with Gasteiger partial charge in [0.15, 0.2) is 0 Å². The van der Waals surface area contributed by atoms with Crippen LogP contribution < -0.4 is 9.97 Å². The summed E-state index contributed by atoms with van der Waals surface area (Å²) in [5, 5.41) is 1.96. The Labute approximate surface area is 301 Å². The number of imidazole rings is 4. The second kappa shape index (κ2) is 12.4. The Kier molecular flexibility index (Phi) is 8.15. The van der Waals surface area contributed by atoms with Gasteiger partial charge in [0, 0.05) is 49.9 Å². The average molecular weight is 993 g/mol. The molecule has 0 spiro atoms. The molecule has 0 unspecified atom stereocenters. The van der Waals surface area contributed by atoms with Gasteiger partial charge in [0.25, 0.3) is 0 Å². The Morgan fingerprint density at radius 2 is 1.08 bits per heavy atom. The van der Waals surface area contributed by atoms with E-state index in [1.807, 2.05) is 84.4 Å². The first-order valence-corrected chi connectivity index (χ1v) is 14.3. The largest absolute Gasteiger partial charge is 2.00 e. The van der Waals surface area contributed by atoms with E-state index < -0.39 is 0 Å². The number of hydrogen-bond donors (Lipinski definition) is 0. The summed E-state index contributed by atoms with van der Waals surface area (Å²) in [5.41, 5.74) is 10.4. The summed E-state index contributed by atoms with van der Waals surface area (Å²) in [7, 11) is 3.90. The molecule has 0 N–H and O–H groups in total. The van der Waals surface area contributed by atoms with Crippen LogP contribution in [0.25, 0.3) is 77.9 Å². The quantitative estimate of drug-likeness (QED) is 0.201. The molecule has 14 heteroatoms. The molecule has 10 rings (SSSR count). The minimum Gasteiger partial charge on any atom is -0.660 e. The molecule has 12 nitrogen and oxygen atoms in total. The van der Waals surface area contributed by atoms with Crippen LogP contribution in [0.1, 0.15) is 0 Å². The summed E-state index contributed by atoms with van der Waals surface area (Å²) in [6, 6.07) is 12.1. The molecule has 0 saturated carbocycles. The van der Waals surface area contributed by atoms with Gasteiger partial charge in [-0.25, -0.2) is 9.97 Å². The molecule has 0 fully saturated rings. The molecule has 0 bridgehead atoms. The Morgan fingerprint density at radius 1 is 0.625 bits per heavy atom. The van der Waals surface area contributed by atoms with Gasteiger partial charge >= 0.3 is 42.1 Å². The third kappa shape index (κ3) is 5.08. The van der Waals surface area contributed by atoms with Gasteiger partial charge in [-0.1, -0.05) is 61.2 Å². The van der Waals surface area contributed by atoms with Gasteiger partial charge in [0.05, 0.1) is 36.6 Å². The van der Waals surface area contributed by atoms with Crippen molar-refractivity contribution in [1.82, 2.24) is 48.2 Å². The second-order valence-electron chi connectivity index (χ2n) is 10.9. The summed E-state index contributed by atoms with van der Waals surface area (Å²) in [6.45, 7) is 0. The van der Waals surface area contributed by atoms with Crippen LogP contribution in [0.15, 0.2) is 108 Å². The fourth-order valence-electron chi connectivity index (χ4n) is 5.79. The van der Waals surface area contributed by atoms with E-state index in [0.29, 0.717) is 0 Å². The predicted octanol–water partition coefficient (Wildman–Crippen LogP) is 5.85. The zero-order chi connectivity index (χ0) is 30.8. The number of benzene rings is 2. The molecular weight excluding hydrogens is 971 g/mol.